The van der Waals surface area contributed by atoms with Crippen molar-refractivity contribution in [3.63, 3.8) is 0 Å². The zero-order valence-electron chi connectivity index (χ0n) is 16.4. The van der Waals surface area contributed by atoms with Gasteiger partial charge < -0.3 is 14.8 Å². The summed E-state index contributed by atoms with van der Waals surface area (Å²) in [6.45, 7) is 3.97. The van der Waals surface area contributed by atoms with E-state index in [-0.39, 0.29) is 22.3 Å². The van der Waals surface area contributed by atoms with E-state index in [0.717, 1.165) is 5.56 Å². The Hall–Kier alpha value is -3.31. The van der Waals surface area contributed by atoms with Crippen molar-refractivity contribution in [2.45, 2.75) is 18.7 Å². The fourth-order valence-corrected chi connectivity index (χ4v) is 3.61. The van der Waals surface area contributed by atoms with Crippen LogP contribution in [0.3, 0.4) is 0 Å². The molecule has 0 radical (unpaired) electrons. The second-order valence-electron chi connectivity index (χ2n) is 6.09. The third kappa shape index (κ3) is 5.59. The summed E-state index contributed by atoms with van der Waals surface area (Å²) < 4.78 is 36.2. The maximum absolute atomic E-state index is 12.7. The molecule has 8 heteroatoms. The van der Waals surface area contributed by atoms with Crippen LogP contribution in [-0.2, 0) is 14.6 Å². The molecule has 0 aromatic heterocycles. The molecular formula is C21H22N2O5S. The van der Waals surface area contributed by atoms with E-state index in [2.05, 4.69) is 5.32 Å². The number of likely N-dealkylation sites (N-methyl/N-ethyl adjacent to an activating group) is 1. The van der Waals surface area contributed by atoms with E-state index in [1.807, 2.05) is 6.92 Å². The number of ether oxygens (including phenoxy) is 2. The van der Waals surface area contributed by atoms with Gasteiger partial charge in [-0.2, -0.15) is 5.26 Å². The Morgan fingerprint density at radius 2 is 1.86 bits per heavy atom. The number of hydrogen-bond donors (Lipinski definition) is 1. The number of amides is 1. The highest BCUT2D eigenvalue weighted by atomic mass is 32.2. The van der Waals surface area contributed by atoms with Gasteiger partial charge in [0.1, 0.15) is 11.0 Å². The zero-order chi connectivity index (χ0) is 21.4. The molecule has 0 saturated carbocycles. The molecule has 0 spiro atoms. The minimum Gasteiger partial charge on any atom is -0.493 e. The summed E-state index contributed by atoms with van der Waals surface area (Å²) in [5.41, 5.74) is 1.36. The average molecular weight is 414 g/mol. The van der Waals surface area contributed by atoms with Gasteiger partial charge in [-0.15, -0.1) is 0 Å². The summed E-state index contributed by atoms with van der Waals surface area (Å²) in [5.74, 6) is 0.373. The number of rotatable bonds is 8. The topological polar surface area (TPSA) is 105 Å². The molecule has 29 heavy (non-hydrogen) atoms. The molecule has 0 aliphatic rings. The largest absolute Gasteiger partial charge is 0.493 e. The lowest BCUT2D eigenvalue weighted by atomic mass is 10.2. The fraction of sp³-hybridized carbons (Fsp3) is 0.238. The SMILES string of the molecule is CCNC(=O)COc1ccc(C=C(C#N)S(=O)(=O)c2ccc(C)cc2)cc1OC. The Morgan fingerprint density at radius 3 is 2.45 bits per heavy atom. The van der Waals surface area contributed by atoms with Crippen molar-refractivity contribution in [2.24, 2.45) is 0 Å². The lowest BCUT2D eigenvalue weighted by Crippen LogP contribution is -2.28. The normalized spacial score (nSPS) is 11.4. The van der Waals surface area contributed by atoms with E-state index < -0.39 is 9.84 Å². The first-order chi connectivity index (χ1) is 13.8. The summed E-state index contributed by atoms with van der Waals surface area (Å²) in [4.78, 5) is 11.2. The third-order valence-corrected chi connectivity index (χ3v) is 5.63. The third-order valence-electron chi connectivity index (χ3n) is 3.95. The number of nitrogens with zero attached hydrogens (tertiary/aromatic N) is 1. The number of allylic oxidation sites excluding steroid dienone is 1. The van der Waals surface area contributed by atoms with Gasteiger partial charge in [-0.25, -0.2) is 8.42 Å². The molecule has 1 N–H and O–H groups in total. The number of hydrogen-bond acceptors (Lipinski definition) is 6. The quantitative estimate of drug-likeness (QED) is 0.666. The van der Waals surface area contributed by atoms with Gasteiger partial charge in [0, 0.05) is 6.54 Å². The van der Waals surface area contributed by atoms with Crippen LogP contribution in [0.5, 0.6) is 11.5 Å². The molecule has 0 aliphatic heterocycles. The molecule has 2 aromatic carbocycles. The first-order valence-corrected chi connectivity index (χ1v) is 10.3. The lowest BCUT2D eigenvalue weighted by Gasteiger charge is -2.11. The van der Waals surface area contributed by atoms with E-state index in [1.165, 1.54) is 31.4 Å². The van der Waals surface area contributed by atoms with Crippen LogP contribution < -0.4 is 14.8 Å². The van der Waals surface area contributed by atoms with Gasteiger partial charge in [0.25, 0.3) is 5.91 Å². The van der Waals surface area contributed by atoms with Crippen molar-refractivity contribution in [3.05, 3.63) is 58.5 Å². The maximum Gasteiger partial charge on any atom is 0.257 e. The molecule has 2 aromatic rings. The van der Waals surface area contributed by atoms with Crippen LogP contribution in [-0.4, -0.2) is 34.6 Å². The van der Waals surface area contributed by atoms with Crippen molar-refractivity contribution in [1.82, 2.24) is 5.32 Å². The Labute approximate surface area is 170 Å². The number of aryl methyl sites for hydroxylation is 1. The molecular weight excluding hydrogens is 392 g/mol. The molecule has 0 unspecified atom stereocenters. The molecule has 0 heterocycles. The number of nitriles is 1. The number of sulfone groups is 1. The fourth-order valence-electron chi connectivity index (χ4n) is 2.45. The molecule has 7 nitrogen and oxygen atoms in total. The van der Waals surface area contributed by atoms with Gasteiger partial charge in [-0.3, -0.25) is 4.79 Å². The Morgan fingerprint density at radius 1 is 1.17 bits per heavy atom. The monoisotopic (exact) mass is 414 g/mol. The van der Waals surface area contributed by atoms with Crippen LogP contribution in [0.4, 0.5) is 0 Å². The number of benzene rings is 2. The van der Waals surface area contributed by atoms with E-state index in [9.17, 15) is 18.5 Å². The van der Waals surface area contributed by atoms with Crippen LogP contribution in [0.2, 0.25) is 0 Å². The minimum absolute atomic E-state index is 0.0461. The van der Waals surface area contributed by atoms with Gasteiger partial charge in [0.2, 0.25) is 9.84 Å². The summed E-state index contributed by atoms with van der Waals surface area (Å²) in [6.07, 6.45) is 1.27. The maximum atomic E-state index is 12.7. The van der Waals surface area contributed by atoms with E-state index in [0.29, 0.717) is 23.6 Å². The van der Waals surface area contributed by atoms with Crippen LogP contribution in [0.1, 0.15) is 18.1 Å². The van der Waals surface area contributed by atoms with Crippen molar-refractivity contribution in [1.29, 1.82) is 5.26 Å². The number of methoxy groups -OCH3 is 1. The average Bonchev–Trinajstić information content (AvgIpc) is 2.71. The lowest BCUT2D eigenvalue weighted by molar-refractivity contribution is -0.123. The molecule has 0 aliphatic carbocycles. The van der Waals surface area contributed by atoms with Gasteiger partial charge in [0.15, 0.2) is 18.1 Å². The minimum atomic E-state index is -3.95. The van der Waals surface area contributed by atoms with Gasteiger partial charge in [0.05, 0.1) is 12.0 Å². The van der Waals surface area contributed by atoms with Gasteiger partial charge >= 0.3 is 0 Å². The Kier molecular flexibility index (Phi) is 7.39. The summed E-state index contributed by atoms with van der Waals surface area (Å²) in [5, 5.41) is 12.0. The molecule has 0 atom stereocenters. The highest BCUT2D eigenvalue weighted by molar-refractivity contribution is 7.95. The molecule has 0 fully saturated rings. The number of nitrogens with one attached hydrogen (secondary N) is 1. The zero-order valence-corrected chi connectivity index (χ0v) is 17.2. The second-order valence-corrected chi connectivity index (χ2v) is 8.01. The smallest absolute Gasteiger partial charge is 0.257 e. The number of carbonyl (C=O) groups excluding carboxylic acids is 1. The van der Waals surface area contributed by atoms with Crippen LogP contribution in [0.15, 0.2) is 52.3 Å². The van der Waals surface area contributed by atoms with E-state index >= 15 is 0 Å². The van der Waals surface area contributed by atoms with Crippen molar-refractivity contribution in [2.75, 3.05) is 20.3 Å². The molecule has 0 saturated heterocycles. The first kappa shape index (κ1) is 22.0. The molecule has 1 amide bonds. The van der Waals surface area contributed by atoms with Crippen LogP contribution in [0.25, 0.3) is 6.08 Å². The molecule has 0 bridgehead atoms. The van der Waals surface area contributed by atoms with Gasteiger partial charge in [-0.05, 0) is 49.8 Å². The van der Waals surface area contributed by atoms with Gasteiger partial charge in [-0.1, -0.05) is 23.8 Å². The Bertz CT molecular complexity index is 1050. The van der Waals surface area contributed by atoms with Crippen LogP contribution >= 0.6 is 0 Å². The predicted octanol–water partition coefficient (Wildman–Crippen LogP) is 2.86. The molecule has 2 rings (SSSR count). The van der Waals surface area contributed by atoms with Crippen molar-refractivity contribution >= 4 is 21.8 Å². The highest BCUT2D eigenvalue weighted by Crippen LogP contribution is 2.30. The summed E-state index contributed by atoms with van der Waals surface area (Å²) in [6, 6.07) is 12.7. The summed E-state index contributed by atoms with van der Waals surface area (Å²) in [7, 11) is -2.52. The Balaban J connectivity index is 2.32. The highest BCUT2D eigenvalue weighted by Gasteiger charge is 2.21. The second kappa shape index (κ2) is 9.75. The van der Waals surface area contributed by atoms with Crippen molar-refractivity contribution in [3.8, 4) is 17.6 Å². The number of carbonyl (C=O) groups is 1. The van der Waals surface area contributed by atoms with Crippen LogP contribution in [0, 0.1) is 18.3 Å². The summed E-state index contributed by atoms with van der Waals surface area (Å²) >= 11 is 0. The predicted molar refractivity (Wildman–Crippen MR) is 109 cm³/mol. The van der Waals surface area contributed by atoms with E-state index in [4.69, 9.17) is 9.47 Å². The molecule has 152 valence electrons. The van der Waals surface area contributed by atoms with E-state index in [1.54, 1.807) is 37.3 Å². The first-order valence-electron chi connectivity index (χ1n) is 8.83. The standard InChI is InChI=1S/C21H22N2O5S/c1-4-23-21(24)14-28-19-10-7-16(12-20(19)27-3)11-18(13-22)29(25,26)17-8-5-15(2)6-9-17/h5-12H,4,14H2,1-3H3,(H,23,24). The van der Waals surface area contributed by atoms with Crippen molar-refractivity contribution < 1.29 is 22.7 Å².